The van der Waals surface area contributed by atoms with Gasteiger partial charge in [-0.3, -0.25) is 0 Å². The van der Waals surface area contributed by atoms with Gasteiger partial charge in [0.25, 0.3) is 0 Å². The van der Waals surface area contributed by atoms with Gasteiger partial charge in [0.05, 0.1) is 12.4 Å². The monoisotopic (exact) mass is 126 g/mol. The van der Waals surface area contributed by atoms with Crippen molar-refractivity contribution in [3.05, 3.63) is 12.3 Å². The van der Waals surface area contributed by atoms with Crippen molar-refractivity contribution >= 4 is 0 Å². The van der Waals surface area contributed by atoms with Crippen LogP contribution in [0.25, 0.3) is 0 Å². The number of allylic oxidation sites excluding steroid dienone is 1. The molecule has 9 heavy (non-hydrogen) atoms. The molecule has 1 aliphatic heterocycles. The Kier molecular flexibility index (Phi) is 1.79. The maximum absolute atomic E-state index is 5.28. The maximum atomic E-state index is 5.28. The Bertz CT molecular complexity index is 118. The summed E-state index contributed by atoms with van der Waals surface area (Å²) >= 11 is 0. The molecule has 0 spiro atoms. The van der Waals surface area contributed by atoms with Crippen LogP contribution >= 0.6 is 0 Å². The molecule has 0 saturated heterocycles. The molecule has 1 heterocycles. The maximum Gasteiger partial charge on any atom is 0.0981 e. The van der Waals surface area contributed by atoms with Gasteiger partial charge in [-0.25, -0.2) is 0 Å². The molecule has 52 valence electrons. The summed E-state index contributed by atoms with van der Waals surface area (Å²) < 4.78 is 5.28. The Balaban J connectivity index is 2.58. The van der Waals surface area contributed by atoms with Crippen molar-refractivity contribution in [2.75, 3.05) is 0 Å². The first-order chi connectivity index (χ1) is 4.22. The summed E-state index contributed by atoms with van der Waals surface area (Å²) in [6.45, 7) is 6.56. The van der Waals surface area contributed by atoms with E-state index in [1.165, 1.54) is 0 Å². The number of hydrogen-bond donors (Lipinski definition) is 0. The second-order valence-corrected chi connectivity index (χ2v) is 2.89. The lowest BCUT2D eigenvalue weighted by Crippen LogP contribution is -2.24. The summed E-state index contributed by atoms with van der Waals surface area (Å²) in [7, 11) is 0. The molecule has 0 aromatic heterocycles. The average Bonchev–Trinajstić information content (AvgIpc) is 1.83. The van der Waals surface area contributed by atoms with Gasteiger partial charge in [-0.2, -0.15) is 0 Å². The largest absolute Gasteiger partial charge is 0.498 e. The van der Waals surface area contributed by atoms with Gasteiger partial charge in [0, 0.05) is 0 Å². The Morgan fingerprint density at radius 1 is 1.22 bits per heavy atom. The summed E-state index contributed by atoms with van der Waals surface area (Å²) in [4.78, 5) is 0. The third-order valence-electron chi connectivity index (χ3n) is 2.25. The predicted octanol–water partition coefficient (Wildman–Crippen LogP) is 2.19. The minimum Gasteiger partial charge on any atom is -0.498 e. The van der Waals surface area contributed by atoms with Gasteiger partial charge in [-0.1, -0.05) is 13.8 Å². The number of ether oxygens (including phenoxy) is 1. The summed E-state index contributed by atoms with van der Waals surface area (Å²) in [6, 6.07) is 0. The lowest BCUT2D eigenvalue weighted by atomic mass is 9.90. The Labute approximate surface area is 56.7 Å². The highest BCUT2D eigenvalue weighted by molar-refractivity contribution is 4.90. The molecule has 1 nitrogen and oxygen atoms in total. The molecule has 3 atom stereocenters. The molecule has 0 bridgehead atoms. The summed E-state index contributed by atoms with van der Waals surface area (Å²) in [5, 5.41) is 0. The lowest BCUT2D eigenvalue weighted by Gasteiger charge is -2.27. The minimum atomic E-state index is 0.394. The molecule has 0 amide bonds. The molecule has 1 heteroatoms. The fourth-order valence-electron chi connectivity index (χ4n) is 1.02. The van der Waals surface area contributed by atoms with E-state index in [4.69, 9.17) is 4.74 Å². The third kappa shape index (κ3) is 1.26. The fourth-order valence-corrected chi connectivity index (χ4v) is 1.02. The zero-order valence-corrected chi connectivity index (χ0v) is 6.29. The van der Waals surface area contributed by atoms with E-state index in [1.54, 1.807) is 0 Å². The zero-order chi connectivity index (χ0) is 6.85. The van der Waals surface area contributed by atoms with Crippen LogP contribution in [-0.4, -0.2) is 6.10 Å². The van der Waals surface area contributed by atoms with Gasteiger partial charge in [0.1, 0.15) is 0 Å². The molecule has 0 aliphatic carbocycles. The fraction of sp³-hybridized carbons (Fsp3) is 0.750. The van der Waals surface area contributed by atoms with Crippen LogP contribution in [0.3, 0.4) is 0 Å². The zero-order valence-electron chi connectivity index (χ0n) is 6.29. The SMILES string of the molecule is CC1C=COC(C)C1C. The Morgan fingerprint density at radius 2 is 1.89 bits per heavy atom. The minimum absolute atomic E-state index is 0.394. The van der Waals surface area contributed by atoms with E-state index in [2.05, 4.69) is 26.8 Å². The standard InChI is InChI=1S/C8H14O/c1-6-4-5-9-8(3)7(6)2/h4-8H,1-3H3. The first kappa shape index (κ1) is 6.66. The third-order valence-corrected chi connectivity index (χ3v) is 2.25. The van der Waals surface area contributed by atoms with E-state index in [0.717, 1.165) is 0 Å². The number of rotatable bonds is 0. The van der Waals surface area contributed by atoms with Crippen molar-refractivity contribution < 1.29 is 4.74 Å². The highest BCUT2D eigenvalue weighted by Gasteiger charge is 2.20. The van der Waals surface area contributed by atoms with E-state index < -0.39 is 0 Å². The van der Waals surface area contributed by atoms with E-state index in [9.17, 15) is 0 Å². The van der Waals surface area contributed by atoms with Crippen LogP contribution in [0, 0.1) is 11.8 Å². The van der Waals surface area contributed by atoms with E-state index in [-0.39, 0.29) is 0 Å². The summed E-state index contributed by atoms with van der Waals surface area (Å²) in [5.74, 6) is 1.34. The predicted molar refractivity (Wildman–Crippen MR) is 38.0 cm³/mol. The van der Waals surface area contributed by atoms with Crippen LogP contribution in [0.4, 0.5) is 0 Å². The van der Waals surface area contributed by atoms with Gasteiger partial charge < -0.3 is 4.74 Å². The van der Waals surface area contributed by atoms with Crippen LogP contribution in [-0.2, 0) is 4.74 Å². The molecule has 0 N–H and O–H groups in total. The molecule has 0 radical (unpaired) electrons. The van der Waals surface area contributed by atoms with Crippen molar-refractivity contribution in [1.29, 1.82) is 0 Å². The van der Waals surface area contributed by atoms with Crippen LogP contribution in [0.1, 0.15) is 20.8 Å². The van der Waals surface area contributed by atoms with Crippen molar-refractivity contribution in [2.45, 2.75) is 26.9 Å². The topological polar surface area (TPSA) is 9.23 Å². The number of hydrogen-bond acceptors (Lipinski definition) is 1. The van der Waals surface area contributed by atoms with Crippen molar-refractivity contribution in [1.82, 2.24) is 0 Å². The van der Waals surface area contributed by atoms with Gasteiger partial charge in [-0.05, 0) is 24.8 Å². The van der Waals surface area contributed by atoms with E-state index in [0.29, 0.717) is 17.9 Å². The second kappa shape index (κ2) is 2.42. The molecule has 0 fully saturated rings. The first-order valence-corrected chi connectivity index (χ1v) is 3.54. The Hall–Kier alpha value is -0.460. The van der Waals surface area contributed by atoms with E-state index >= 15 is 0 Å². The van der Waals surface area contributed by atoms with Gasteiger partial charge in [0.2, 0.25) is 0 Å². The molecule has 3 unspecified atom stereocenters. The molecule has 0 aromatic rings. The van der Waals surface area contributed by atoms with Gasteiger partial charge >= 0.3 is 0 Å². The normalized spacial score (nSPS) is 42.3. The van der Waals surface area contributed by atoms with Crippen molar-refractivity contribution in [3.63, 3.8) is 0 Å². The summed E-state index contributed by atoms with van der Waals surface area (Å²) in [6.07, 6.45) is 4.32. The van der Waals surface area contributed by atoms with Crippen LogP contribution < -0.4 is 0 Å². The molecular formula is C8H14O. The molecule has 1 aliphatic rings. The van der Waals surface area contributed by atoms with Gasteiger partial charge in [0.15, 0.2) is 0 Å². The highest BCUT2D eigenvalue weighted by Crippen LogP contribution is 2.22. The van der Waals surface area contributed by atoms with E-state index in [1.807, 2.05) is 6.26 Å². The molecule has 1 rings (SSSR count). The average molecular weight is 126 g/mol. The van der Waals surface area contributed by atoms with Crippen LogP contribution in [0.5, 0.6) is 0 Å². The lowest BCUT2D eigenvalue weighted by molar-refractivity contribution is 0.0742. The van der Waals surface area contributed by atoms with Crippen molar-refractivity contribution in [3.8, 4) is 0 Å². The van der Waals surface area contributed by atoms with Gasteiger partial charge in [-0.15, -0.1) is 0 Å². The first-order valence-electron chi connectivity index (χ1n) is 3.54. The molecule has 0 saturated carbocycles. The van der Waals surface area contributed by atoms with Crippen molar-refractivity contribution in [2.24, 2.45) is 11.8 Å². The molecule has 0 aromatic carbocycles. The molecular weight excluding hydrogens is 112 g/mol. The second-order valence-electron chi connectivity index (χ2n) is 2.89. The Morgan fingerprint density at radius 3 is 2.33 bits per heavy atom. The smallest absolute Gasteiger partial charge is 0.0981 e. The van der Waals surface area contributed by atoms with Crippen LogP contribution in [0.2, 0.25) is 0 Å². The van der Waals surface area contributed by atoms with Crippen LogP contribution in [0.15, 0.2) is 12.3 Å². The highest BCUT2D eigenvalue weighted by atomic mass is 16.5. The quantitative estimate of drug-likeness (QED) is 0.483. The summed E-state index contributed by atoms with van der Waals surface area (Å²) in [5.41, 5.74) is 0.